The average Bonchev–Trinajstić information content (AvgIpc) is 3.19. The van der Waals surface area contributed by atoms with Crippen molar-refractivity contribution >= 4 is 11.3 Å². The highest BCUT2D eigenvalue weighted by molar-refractivity contribution is 7.09. The van der Waals surface area contributed by atoms with Crippen molar-refractivity contribution < 1.29 is 4.74 Å². The van der Waals surface area contributed by atoms with Crippen LogP contribution in [0.5, 0.6) is 0 Å². The first-order valence-electron chi connectivity index (χ1n) is 8.54. The Morgan fingerprint density at radius 1 is 1.28 bits per heavy atom. The molecule has 1 atom stereocenters. The van der Waals surface area contributed by atoms with Gasteiger partial charge in [-0.2, -0.15) is 0 Å². The lowest BCUT2D eigenvalue weighted by Gasteiger charge is -2.24. The third-order valence-corrected chi connectivity index (χ3v) is 5.51. The van der Waals surface area contributed by atoms with E-state index in [1.165, 1.54) is 10.6 Å². The van der Waals surface area contributed by atoms with Crippen LogP contribution in [0.25, 0.3) is 0 Å². The zero-order valence-corrected chi connectivity index (χ0v) is 15.2. The Balaban J connectivity index is 1.48. The average molecular weight is 354 g/mol. The molecule has 25 heavy (non-hydrogen) atoms. The van der Waals surface area contributed by atoms with E-state index in [1.54, 1.807) is 17.5 Å². The van der Waals surface area contributed by atoms with Crippen molar-refractivity contribution in [2.45, 2.75) is 39.3 Å². The van der Waals surface area contributed by atoms with Gasteiger partial charge < -0.3 is 9.30 Å². The molecule has 130 valence electrons. The van der Waals surface area contributed by atoms with Gasteiger partial charge in [0.15, 0.2) is 0 Å². The second-order valence-corrected chi connectivity index (χ2v) is 7.42. The van der Waals surface area contributed by atoms with Crippen molar-refractivity contribution in [2.75, 3.05) is 6.54 Å². The zero-order chi connectivity index (χ0) is 17.1. The van der Waals surface area contributed by atoms with E-state index >= 15 is 0 Å². The van der Waals surface area contributed by atoms with E-state index in [0.29, 0.717) is 6.61 Å². The summed E-state index contributed by atoms with van der Waals surface area (Å²) in [5.74, 6) is 0. The van der Waals surface area contributed by atoms with Gasteiger partial charge in [0.25, 0.3) is 0 Å². The van der Waals surface area contributed by atoms with Crippen LogP contribution in [0.1, 0.15) is 21.8 Å². The molecule has 1 unspecified atom stereocenters. The fourth-order valence-corrected chi connectivity index (χ4v) is 4.05. The molecule has 0 spiro atoms. The maximum atomic E-state index is 6.24. The van der Waals surface area contributed by atoms with Gasteiger partial charge in [-0.1, -0.05) is 6.07 Å². The molecular formula is C19H22N4OS. The van der Waals surface area contributed by atoms with Gasteiger partial charge in [0, 0.05) is 55.3 Å². The number of rotatable bonds is 5. The number of aryl methyl sites for hydroxylation is 1. The van der Waals surface area contributed by atoms with Crippen LogP contribution in [-0.4, -0.2) is 32.1 Å². The standard InChI is InChI=1S/C19H22N4OS/c1-15-19(25-14-21-15)12-22-9-17-5-3-7-23(17)11-18(10-22)24-13-16-4-2-6-20-8-16/h2-8,14,18H,9-13H2,1H3. The largest absolute Gasteiger partial charge is 0.370 e. The van der Waals surface area contributed by atoms with Crippen molar-refractivity contribution in [1.82, 2.24) is 19.4 Å². The number of ether oxygens (including phenoxy) is 1. The molecule has 0 aliphatic carbocycles. The Morgan fingerprint density at radius 3 is 3.04 bits per heavy atom. The molecule has 1 aliphatic heterocycles. The highest BCUT2D eigenvalue weighted by atomic mass is 32.1. The van der Waals surface area contributed by atoms with Crippen molar-refractivity contribution in [3.8, 4) is 0 Å². The summed E-state index contributed by atoms with van der Waals surface area (Å²) >= 11 is 1.74. The quantitative estimate of drug-likeness (QED) is 0.705. The van der Waals surface area contributed by atoms with Crippen LogP contribution in [0.3, 0.4) is 0 Å². The van der Waals surface area contributed by atoms with Gasteiger partial charge in [0.05, 0.1) is 23.9 Å². The molecule has 3 aromatic heterocycles. The van der Waals surface area contributed by atoms with Crippen molar-refractivity contribution in [3.05, 3.63) is 70.2 Å². The molecule has 0 radical (unpaired) electrons. The number of hydrogen-bond acceptors (Lipinski definition) is 5. The van der Waals surface area contributed by atoms with Gasteiger partial charge in [-0.25, -0.2) is 4.98 Å². The number of fused-ring (bicyclic) bond motifs is 1. The summed E-state index contributed by atoms with van der Waals surface area (Å²) in [5, 5.41) is 0. The first-order valence-corrected chi connectivity index (χ1v) is 9.42. The SMILES string of the molecule is Cc1ncsc1CN1Cc2cccn2CC(OCc2cccnc2)C1. The van der Waals surface area contributed by atoms with Gasteiger partial charge in [-0.15, -0.1) is 11.3 Å². The topological polar surface area (TPSA) is 43.2 Å². The number of nitrogens with zero attached hydrogens (tertiary/aromatic N) is 4. The molecule has 0 aromatic carbocycles. The van der Waals surface area contributed by atoms with Gasteiger partial charge in [0.1, 0.15) is 0 Å². The lowest BCUT2D eigenvalue weighted by molar-refractivity contribution is 0.00871. The number of thiazole rings is 1. The van der Waals surface area contributed by atoms with E-state index in [2.05, 4.69) is 50.8 Å². The molecule has 0 saturated heterocycles. The third kappa shape index (κ3) is 3.98. The molecule has 0 saturated carbocycles. The van der Waals surface area contributed by atoms with E-state index in [9.17, 15) is 0 Å². The Kier molecular flexibility index (Phi) is 4.92. The molecule has 0 bridgehead atoms. The monoisotopic (exact) mass is 354 g/mol. The van der Waals surface area contributed by atoms with Crippen LogP contribution in [0.15, 0.2) is 48.4 Å². The van der Waals surface area contributed by atoms with E-state index in [1.807, 2.05) is 17.8 Å². The summed E-state index contributed by atoms with van der Waals surface area (Å²) in [6, 6.07) is 8.34. The predicted octanol–water partition coefficient (Wildman–Crippen LogP) is 3.25. The summed E-state index contributed by atoms with van der Waals surface area (Å²) in [5.41, 5.74) is 5.53. The molecule has 4 heterocycles. The second-order valence-electron chi connectivity index (χ2n) is 6.48. The molecule has 6 heteroatoms. The Bertz CT molecular complexity index is 814. The van der Waals surface area contributed by atoms with E-state index in [-0.39, 0.29) is 6.10 Å². The number of hydrogen-bond donors (Lipinski definition) is 0. The minimum absolute atomic E-state index is 0.155. The Hall–Kier alpha value is -2.02. The fourth-order valence-electron chi connectivity index (χ4n) is 3.23. The van der Waals surface area contributed by atoms with E-state index < -0.39 is 0 Å². The molecular weight excluding hydrogens is 332 g/mol. The highest BCUT2D eigenvalue weighted by Crippen LogP contribution is 2.21. The van der Waals surface area contributed by atoms with Crippen LogP contribution in [-0.2, 0) is 31.0 Å². The van der Waals surface area contributed by atoms with Gasteiger partial charge in [-0.05, 0) is 30.7 Å². The van der Waals surface area contributed by atoms with E-state index in [4.69, 9.17) is 4.74 Å². The maximum absolute atomic E-state index is 6.24. The normalized spacial score (nSPS) is 18.0. The Morgan fingerprint density at radius 2 is 2.24 bits per heavy atom. The van der Waals surface area contributed by atoms with E-state index in [0.717, 1.165) is 37.4 Å². The summed E-state index contributed by atoms with van der Waals surface area (Å²) in [7, 11) is 0. The zero-order valence-electron chi connectivity index (χ0n) is 14.3. The van der Waals surface area contributed by atoms with Crippen LogP contribution >= 0.6 is 11.3 Å². The Labute approximate surface area is 151 Å². The first kappa shape index (κ1) is 16.4. The number of aromatic nitrogens is 3. The van der Waals surface area contributed by atoms with Crippen LogP contribution < -0.4 is 0 Å². The molecule has 1 aliphatic rings. The van der Waals surface area contributed by atoms with Crippen molar-refractivity contribution in [1.29, 1.82) is 0 Å². The van der Waals surface area contributed by atoms with Crippen LogP contribution in [0, 0.1) is 6.92 Å². The third-order valence-electron chi connectivity index (χ3n) is 4.59. The predicted molar refractivity (Wildman–Crippen MR) is 98.2 cm³/mol. The molecule has 3 aromatic rings. The lowest BCUT2D eigenvalue weighted by Crippen LogP contribution is -2.32. The van der Waals surface area contributed by atoms with Crippen LogP contribution in [0.4, 0.5) is 0 Å². The maximum Gasteiger partial charge on any atom is 0.0885 e. The summed E-state index contributed by atoms with van der Waals surface area (Å²) in [6.45, 7) is 6.36. The van der Waals surface area contributed by atoms with Gasteiger partial charge in [0.2, 0.25) is 0 Å². The molecule has 4 rings (SSSR count). The molecule has 0 amide bonds. The number of pyridine rings is 1. The summed E-state index contributed by atoms with van der Waals surface area (Å²) in [6.07, 6.45) is 5.97. The van der Waals surface area contributed by atoms with Crippen molar-refractivity contribution in [3.63, 3.8) is 0 Å². The molecule has 0 N–H and O–H groups in total. The van der Waals surface area contributed by atoms with Gasteiger partial charge in [-0.3, -0.25) is 9.88 Å². The minimum Gasteiger partial charge on any atom is -0.370 e. The van der Waals surface area contributed by atoms with Gasteiger partial charge >= 0.3 is 0 Å². The highest BCUT2D eigenvalue weighted by Gasteiger charge is 2.23. The second kappa shape index (κ2) is 7.47. The van der Waals surface area contributed by atoms with Crippen molar-refractivity contribution in [2.24, 2.45) is 0 Å². The molecule has 5 nitrogen and oxygen atoms in total. The first-order chi connectivity index (χ1) is 12.3. The summed E-state index contributed by atoms with van der Waals surface area (Å²) in [4.78, 5) is 12.4. The van der Waals surface area contributed by atoms with Crippen LogP contribution in [0.2, 0.25) is 0 Å². The smallest absolute Gasteiger partial charge is 0.0885 e. The molecule has 0 fully saturated rings. The fraction of sp³-hybridized carbons (Fsp3) is 0.368. The summed E-state index contributed by atoms with van der Waals surface area (Å²) < 4.78 is 8.55. The lowest BCUT2D eigenvalue weighted by atomic mass is 10.2. The minimum atomic E-state index is 0.155.